The van der Waals surface area contributed by atoms with Crippen molar-refractivity contribution in [2.24, 2.45) is 0 Å². The van der Waals surface area contributed by atoms with Gasteiger partial charge in [0.25, 0.3) is 0 Å². The first-order valence-electron chi connectivity index (χ1n) is 6.03. The number of carbonyl (C=O) groups excluding carboxylic acids is 2. The molecule has 1 aromatic carbocycles. The Labute approximate surface area is 115 Å². The fourth-order valence-corrected chi connectivity index (χ4v) is 4.77. The van der Waals surface area contributed by atoms with Crippen molar-refractivity contribution in [3.8, 4) is 0 Å². The maximum absolute atomic E-state index is 12.4. The van der Waals surface area contributed by atoms with Crippen molar-refractivity contribution in [1.82, 2.24) is 8.88 Å². The van der Waals surface area contributed by atoms with Gasteiger partial charge in [-0.25, -0.2) is 0 Å². The molecular weight excluding hydrogens is 311 g/mol. The third kappa shape index (κ3) is 1.97. The summed E-state index contributed by atoms with van der Waals surface area (Å²) in [6.07, 6.45) is 0.719. The van der Waals surface area contributed by atoms with E-state index in [1.165, 1.54) is 0 Å². The van der Waals surface area contributed by atoms with E-state index in [1.54, 1.807) is 9.63 Å². The molecule has 5 nitrogen and oxygen atoms in total. The van der Waals surface area contributed by atoms with Gasteiger partial charge in [0.05, 0.1) is 0 Å². The molecule has 2 heterocycles. The number of nitrogens with zero attached hydrogens (tertiary/aromatic N) is 1. The van der Waals surface area contributed by atoms with Crippen LogP contribution in [-0.2, 0) is 9.59 Å². The van der Waals surface area contributed by atoms with Crippen LogP contribution in [0.3, 0.4) is 0 Å². The summed E-state index contributed by atoms with van der Waals surface area (Å²) in [5.41, 5.74) is 0.994. The molecule has 2 aromatic rings. The van der Waals surface area contributed by atoms with E-state index in [2.05, 4.69) is 5.32 Å². The summed E-state index contributed by atoms with van der Waals surface area (Å²) >= 11 is -0.180. The van der Waals surface area contributed by atoms with Gasteiger partial charge < -0.3 is 0 Å². The van der Waals surface area contributed by atoms with Crippen molar-refractivity contribution in [3.63, 3.8) is 0 Å². The van der Waals surface area contributed by atoms with E-state index in [-0.39, 0.29) is 32.1 Å². The second-order valence-electron chi connectivity index (χ2n) is 4.64. The molecule has 0 saturated carbocycles. The molecule has 0 radical (unpaired) electrons. The number of imide groups is 1. The number of aryl methyl sites for hydroxylation is 1. The van der Waals surface area contributed by atoms with Crippen LogP contribution >= 0.6 is 0 Å². The number of benzene rings is 1. The number of hydrogen-bond acceptors (Lipinski definition) is 3. The Balaban J connectivity index is 2.13. The first kappa shape index (κ1) is 12.4. The molecule has 1 aliphatic rings. The summed E-state index contributed by atoms with van der Waals surface area (Å²) < 4.78 is 2.68. The second-order valence-corrected chi connectivity index (χ2v) is 6.71. The van der Waals surface area contributed by atoms with E-state index in [1.807, 2.05) is 19.1 Å². The van der Waals surface area contributed by atoms with Crippen molar-refractivity contribution in [2.75, 3.05) is 0 Å². The van der Waals surface area contributed by atoms with Gasteiger partial charge in [0.1, 0.15) is 0 Å². The molecule has 0 spiro atoms. The molecule has 0 bridgehead atoms. The molecule has 0 aliphatic carbocycles. The first-order valence-corrected chi connectivity index (χ1v) is 7.65. The van der Waals surface area contributed by atoms with E-state index >= 15 is 0 Å². The summed E-state index contributed by atoms with van der Waals surface area (Å²) in [6, 6.07) is 5.13. The predicted molar refractivity (Wildman–Crippen MR) is 71.3 cm³/mol. The molecule has 1 aromatic heterocycles. The number of carbonyl (C=O) groups is 2. The summed E-state index contributed by atoms with van der Waals surface area (Å²) in [5.74, 6) is -0.606. The van der Waals surface area contributed by atoms with Crippen LogP contribution < -0.4 is 10.9 Å². The molecule has 6 heteroatoms. The fourth-order valence-electron chi connectivity index (χ4n) is 2.31. The third-order valence-electron chi connectivity index (χ3n) is 3.33. The van der Waals surface area contributed by atoms with Crippen LogP contribution in [0.25, 0.3) is 9.65 Å². The average Bonchev–Trinajstić information content (AvgIpc) is 2.69. The Hall–Kier alpha value is -1.65. The van der Waals surface area contributed by atoms with E-state index in [4.69, 9.17) is 0 Å². The zero-order valence-electron chi connectivity index (χ0n) is 10.3. The Morgan fingerprint density at radius 3 is 2.79 bits per heavy atom. The molecule has 1 fully saturated rings. The molecule has 1 aliphatic heterocycles. The monoisotopic (exact) mass is 324 g/mol. The summed E-state index contributed by atoms with van der Waals surface area (Å²) in [7, 11) is 0. The zero-order valence-corrected chi connectivity index (χ0v) is 12.0. The van der Waals surface area contributed by atoms with Crippen molar-refractivity contribution >= 4 is 36.2 Å². The van der Waals surface area contributed by atoms with Gasteiger partial charge in [-0.3, -0.25) is 0 Å². The van der Waals surface area contributed by atoms with Crippen LogP contribution in [0.5, 0.6) is 0 Å². The summed E-state index contributed by atoms with van der Waals surface area (Å²) in [5, 5.41) is 3.01. The van der Waals surface area contributed by atoms with Crippen molar-refractivity contribution in [2.45, 2.75) is 25.8 Å². The van der Waals surface area contributed by atoms with Crippen LogP contribution in [0, 0.1) is 6.92 Å². The van der Waals surface area contributed by atoms with Crippen molar-refractivity contribution in [1.29, 1.82) is 0 Å². The molecule has 3 rings (SSSR count). The van der Waals surface area contributed by atoms with Gasteiger partial charge in [-0.05, 0) is 0 Å². The quantitative estimate of drug-likeness (QED) is 0.608. The standard InChI is InChI=1S/C13H12N2O3Se/c1-7-3-2-4-8-11(7)19-15(13(8)18)9-5-6-10(16)14-12(9)17/h2-4,9H,5-6H2,1H3,(H,14,16,17). The number of nitrogens with one attached hydrogen (secondary N) is 1. The minimum absolute atomic E-state index is 0.0896. The van der Waals surface area contributed by atoms with Gasteiger partial charge in [-0.2, -0.15) is 0 Å². The van der Waals surface area contributed by atoms with E-state index in [0.717, 1.165) is 9.82 Å². The second kappa shape index (κ2) is 4.47. The Kier molecular flexibility index (Phi) is 2.92. The van der Waals surface area contributed by atoms with Gasteiger partial charge in [0.15, 0.2) is 0 Å². The average molecular weight is 323 g/mol. The van der Waals surface area contributed by atoms with Gasteiger partial charge in [-0.15, -0.1) is 0 Å². The van der Waals surface area contributed by atoms with E-state index < -0.39 is 6.04 Å². The van der Waals surface area contributed by atoms with Crippen molar-refractivity contribution < 1.29 is 9.59 Å². The summed E-state index contributed by atoms with van der Waals surface area (Å²) in [4.78, 5) is 35.4. The van der Waals surface area contributed by atoms with Crippen LogP contribution in [0.2, 0.25) is 0 Å². The molecule has 1 atom stereocenters. The topological polar surface area (TPSA) is 68.2 Å². The number of amides is 2. The Bertz CT molecular complexity index is 744. The molecule has 2 amide bonds. The van der Waals surface area contributed by atoms with Crippen molar-refractivity contribution in [3.05, 3.63) is 34.1 Å². The van der Waals surface area contributed by atoms with Crippen LogP contribution in [0.1, 0.15) is 24.4 Å². The Morgan fingerprint density at radius 2 is 2.11 bits per heavy atom. The number of aromatic nitrogens is 1. The fraction of sp³-hybridized carbons (Fsp3) is 0.308. The molecular formula is C13H12N2O3Se. The summed E-state index contributed by atoms with van der Waals surface area (Å²) in [6.45, 7) is 1.97. The maximum atomic E-state index is 12.4. The van der Waals surface area contributed by atoms with Gasteiger partial charge in [-0.1, -0.05) is 0 Å². The molecule has 19 heavy (non-hydrogen) atoms. The molecule has 1 saturated heterocycles. The van der Waals surface area contributed by atoms with E-state index in [0.29, 0.717) is 18.2 Å². The molecule has 1 N–H and O–H groups in total. The van der Waals surface area contributed by atoms with Gasteiger partial charge >= 0.3 is 115 Å². The van der Waals surface area contributed by atoms with Crippen LogP contribution in [0.4, 0.5) is 0 Å². The van der Waals surface area contributed by atoms with Gasteiger partial charge in [0, 0.05) is 0 Å². The predicted octanol–water partition coefficient (Wildman–Crippen LogP) is 0.345. The van der Waals surface area contributed by atoms with E-state index in [9.17, 15) is 14.4 Å². The molecule has 1 unspecified atom stereocenters. The van der Waals surface area contributed by atoms with Crippen LogP contribution in [-0.4, -0.2) is 30.1 Å². The third-order valence-corrected chi connectivity index (χ3v) is 6.14. The normalized spacial score (nSPS) is 19.7. The Morgan fingerprint density at radius 1 is 1.32 bits per heavy atom. The number of piperidine rings is 1. The van der Waals surface area contributed by atoms with Gasteiger partial charge in [0.2, 0.25) is 0 Å². The number of fused-ring (bicyclic) bond motifs is 1. The number of hydrogen-bond donors (Lipinski definition) is 1. The molecule has 98 valence electrons. The zero-order chi connectivity index (χ0) is 13.6. The SMILES string of the molecule is Cc1cccc2c(=O)n(C3CCC(=O)NC3=O)[se]c12. The first-order chi connectivity index (χ1) is 9.08. The number of rotatable bonds is 1. The minimum atomic E-state index is -0.503. The van der Waals surface area contributed by atoms with Crippen LogP contribution in [0.15, 0.2) is 23.0 Å².